The van der Waals surface area contributed by atoms with Crippen LogP contribution in [0.15, 0.2) is 0 Å². The Balaban J connectivity index is 2.11. The number of hydrogen-bond acceptors (Lipinski definition) is 2. The number of hydrogen-bond donors (Lipinski definition) is 0. The third-order valence-electron chi connectivity index (χ3n) is 3.82. The minimum Gasteiger partial charge on any atom is -0.304 e. The van der Waals surface area contributed by atoms with E-state index in [9.17, 15) is 0 Å². The summed E-state index contributed by atoms with van der Waals surface area (Å²) in [5, 5.41) is 0. The quantitative estimate of drug-likeness (QED) is 0.583. The molecule has 2 aliphatic heterocycles. The van der Waals surface area contributed by atoms with Crippen LogP contribution in [-0.4, -0.2) is 48.1 Å². The van der Waals surface area contributed by atoms with Crippen LogP contribution in [-0.2, 0) is 0 Å². The second-order valence-corrected chi connectivity index (χ2v) is 6.06. The average Bonchev–Trinajstić information content (AvgIpc) is 2.41. The van der Waals surface area contributed by atoms with Gasteiger partial charge in [0.15, 0.2) is 0 Å². The third-order valence-corrected chi connectivity index (χ3v) is 3.82. The van der Waals surface area contributed by atoms with Gasteiger partial charge in [-0.15, -0.1) is 0 Å². The Kier molecular flexibility index (Phi) is 2.61. The Hall–Kier alpha value is -0.0800. The van der Waals surface area contributed by atoms with E-state index in [2.05, 4.69) is 37.6 Å². The van der Waals surface area contributed by atoms with Crippen LogP contribution in [0.5, 0.6) is 0 Å². The molecule has 82 valence electrons. The summed E-state index contributed by atoms with van der Waals surface area (Å²) in [6.45, 7) is 11.0. The van der Waals surface area contributed by atoms with E-state index in [1.165, 1.54) is 32.5 Å². The first kappa shape index (κ1) is 10.4. The van der Waals surface area contributed by atoms with Gasteiger partial charge in [-0.25, -0.2) is 0 Å². The summed E-state index contributed by atoms with van der Waals surface area (Å²) in [6.07, 6.45) is 2.84. The van der Waals surface area contributed by atoms with Crippen molar-refractivity contribution in [1.29, 1.82) is 0 Å². The van der Waals surface area contributed by atoms with Gasteiger partial charge in [0.2, 0.25) is 0 Å². The molecule has 0 aromatic carbocycles. The second kappa shape index (κ2) is 3.49. The number of likely N-dealkylation sites (N-methyl/N-ethyl adjacent to an activating group) is 1. The standard InChI is InChI=1S/C12H24N2/c1-12(2,3)14-7-5-6-10-8-13(4)9-11(10)14/h10-11H,5-9H2,1-4H3. The highest BCUT2D eigenvalue weighted by Crippen LogP contribution is 2.33. The Morgan fingerprint density at radius 2 is 1.86 bits per heavy atom. The van der Waals surface area contributed by atoms with Gasteiger partial charge >= 0.3 is 0 Å². The van der Waals surface area contributed by atoms with Gasteiger partial charge in [-0.3, -0.25) is 4.90 Å². The normalized spacial score (nSPS) is 36.0. The number of nitrogens with zero attached hydrogens (tertiary/aromatic N) is 2. The van der Waals surface area contributed by atoms with Crippen molar-refractivity contribution >= 4 is 0 Å². The van der Waals surface area contributed by atoms with E-state index < -0.39 is 0 Å². The zero-order chi connectivity index (χ0) is 10.3. The Bertz CT molecular complexity index is 207. The molecule has 2 nitrogen and oxygen atoms in total. The molecule has 2 atom stereocenters. The minimum absolute atomic E-state index is 0.356. The van der Waals surface area contributed by atoms with Gasteiger partial charge in [0.1, 0.15) is 0 Å². The van der Waals surface area contributed by atoms with Crippen LogP contribution in [0.25, 0.3) is 0 Å². The summed E-state index contributed by atoms with van der Waals surface area (Å²) >= 11 is 0. The van der Waals surface area contributed by atoms with Crippen LogP contribution in [0.3, 0.4) is 0 Å². The van der Waals surface area contributed by atoms with Crippen LogP contribution in [0.4, 0.5) is 0 Å². The molecular formula is C12H24N2. The van der Waals surface area contributed by atoms with E-state index in [1.807, 2.05) is 0 Å². The van der Waals surface area contributed by atoms with E-state index in [4.69, 9.17) is 0 Å². The molecule has 2 heterocycles. The van der Waals surface area contributed by atoms with Crippen molar-refractivity contribution in [2.24, 2.45) is 5.92 Å². The monoisotopic (exact) mass is 196 g/mol. The molecule has 0 radical (unpaired) electrons. The molecule has 0 aromatic heterocycles. The van der Waals surface area contributed by atoms with Crippen LogP contribution < -0.4 is 0 Å². The summed E-state index contributed by atoms with van der Waals surface area (Å²) in [7, 11) is 2.26. The van der Waals surface area contributed by atoms with E-state index >= 15 is 0 Å². The molecule has 0 saturated carbocycles. The lowest BCUT2D eigenvalue weighted by atomic mass is 9.88. The highest BCUT2D eigenvalue weighted by atomic mass is 15.3. The molecule has 2 unspecified atom stereocenters. The van der Waals surface area contributed by atoms with Gasteiger partial charge in [-0.05, 0) is 53.1 Å². The molecule has 2 rings (SSSR count). The maximum Gasteiger partial charge on any atom is 0.0268 e. The lowest BCUT2D eigenvalue weighted by Gasteiger charge is -2.45. The molecule has 2 fully saturated rings. The second-order valence-electron chi connectivity index (χ2n) is 6.06. The predicted octanol–water partition coefficient (Wildman–Crippen LogP) is 1.81. The van der Waals surface area contributed by atoms with Gasteiger partial charge in [0.05, 0.1) is 0 Å². The van der Waals surface area contributed by atoms with Crippen LogP contribution >= 0.6 is 0 Å². The van der Waals surface area contributed by atoms with E-state index in [-0.39, 0.29) is 0 Å². The Morgan fingerprint density at radius 1 is 1.14 bits per heavy atom. The predicted molar refractivity (Wildman–Crippen MR) is 60.5 cm³/mol. The zero-order valence-electron chi connectivity index (χ0n) is 10.1. The first-order valence-electron chi connectivity index (χ1n) is 5.94. The molecule has 0 N–H and O–H groups in total. The molecule has 2 aliphatic rings. The number of rotatable bonds is 0. The van der Waals surface area contributed by atoms with Crippen molar-refractivity contribution < 1.29 is 0 Å². The van der Waals surface area contributed by atoms with Crippen LogP contribution in [0.1, 0.15) is 33.6 Å². The van der Waals surface area contributed by atoms with Crippen LogP contribution in [0.2, 0.25) is 0 Å². The molecule has 0 aliphatic carbocycles. The lowest BCUT2D eigenvalue weighted by Crippen LogP contribution is -2.54. The first-order chi connectivity index (χ1) is 6.48. The summed E-state index contributed by atoms with van der Waals surface area (Å²) in [5.41, 5.74) is 0.356. The molecule has 2 saturated heterocycles. The number of likely N-dealkylation sites (tertiary alicyclic amines) is 2. The fraction of sp³-hybridized carbons (Fsp3) is 1.00. The van der Waals surface area contributed by atoms with Gasteiger partial charge in [0.25, 0.3) is 0 Å². The highest BCUT2D eigenvalue weighted by Gasteiger charge is 2.41. The summed E-state index contributed by atoms with van der Waals surface area (Å²) < 4.78 is 0. The van der Waals surface area contributed by atoms with E-state index in [1.54, 1.807) is 0 Å². The summed E-state index contributed by atoms with van der Waals surface area (Å²) in [5.74, 6) is 0.938. The number of piperidine rings is 1. The average molecular weight is 196 g/mol. The Morgan fingerprint density at radius 3 is 2.50 bits per heavy atom. The van der Waals surface area contributed by atoms with E-state index in [0.717, 1.165) is 12.0 Å². The van der Waals surface area contributed by atoms with Gasteiger partial charge in [0, 0.05) is 24.7 Å². The van der Waals surface area contributed by atoms with Gasteiger partial charge in [-0.2, -0.15) is 0 Å². The maximum absolute atomic E-state index is 2.73. The zero-order valence-corrected chi connectivity index (χ0v) is 10.1. The lowest BCUT2D eigenvalue weighted by molar-refractivity contribution is 0.0370. The van der Waals surface area contributed by atoms with Crippen molar-refractivity contribution in [2.75, 3.05) is 26.7 Å². The highest BCUT2D eigenvalue weighted by molar-refractivity contribution is 4.96. The smallest absolute Gasteiger partial charge is 0.0268 e. The minimum atomic E-state index is 0.356. The number of fused-ring (bicyclic) bond motifs is 1. The van der Waals surface area contributed by atoms with Crippen molar-refractivity contribution in [3.8, 4) is 0 Å². The van der Waals surface area contributed by atoms with Crippen LogP contribution in [0, 0.1) is 5.92 Å². The first-order valence-corrected chi connectivity index (χ1v) is 5.94. The molecule has 0 amide bonds. The molecule has 14 heavy (non-hydrogen) atoms. The fourth-order valence-corrected chi connectivity index (χ4v) is 3.22. The van der Waals surface area contributed by atoms with E-state index in [0.29, 0.717) is 5.54 Å². The molecule has 0 bridgehead atoms. The van der Waals surface area contributed by atoms with Gasteiger partial charge in [-0.1, -0.05) is 0 Å². The molecule has 0 aromatic rings. The topological polar surface area (TPSA) is 6.48 Å². The summed E-state index contributed by atoms with van der Waals surface area (Å²) in [6, 6.07) is 0.828. The largest absolute Gasteiger partial charge is 0.304 e. The Labute approximate surface area is 88.3 Å². The molecule has 2 heteroatoms. The van der Waals surface area contributed by atoms with Crippen molar-refractivity contribution in [3.63, 3.8) is 0 Å². The molecule has 0 spiro atoms. The van der Waals surface area contributed by atoms with Crippen molar-refractivity contribution in [3.05, 3.63) is 0 Å². The third kappa shape index (κ3) is 1.82. The van der Waals surface area contributed by atoms with Crippen molar-refractivity contribution in [1.82, 2.24) is 9.80 Å². The SMILES string of the molecule is CN1CC2CCCN(C(C)(C)C)C2C1. The summed E-state index contributed by atoms with van der Waals surface area (Å²) in [4.78, 5) is 5.23. The van der Waals surface area contributed by atoms with Crippen molar-refractivity contribution in [2.45, 2.75) is 45.2 Å². The fourth-order valence-electron chi connectivity index (χ4n) is 3.22. The molecular weight excluding hydrogens is 172 g/mol. The maximum atomic E-state index is 2.73. The van der Waals surface area contributed by atoms with Gasteiger partial charge < -0.3 is 4.90 Å².